The molecule has 0 aliphatic heterocycles. The maximum absolute atomic E-state index is 13.7. The third-order valence-corrected chi connectivity index (χ3v) is 2.59. The molecule has 5 nitrogen and oxygen atoms in total. The summed E-state index contributed by atoms with van der Waals surface area (Å²) in [5.74, 6) is 3.90. The van der Waals surface area contributed by atoms with E-state index in [0.29, 0.717) is 5.52 Å². The number of benzene rings is 1. The molecule has 0 bridgehead atoms. The van der Waals surface area contributed by atoms with E-state index in [0.717, 1.165) is 5.56 Å². The molecule has 5 N–H and O–H groups in total. The number of hydrogen-bond donors (Lipinski definition) is 3. The molecule has 0 atom stereocenters. The van der Waals surface area contributed by atoms with E-state index in [2.05, 4.69) is 4.98 Å². The Balaban J connectivity index is 2.84. The number of hydrogen-bond acceptors (Lipinski definition) is 4. The number of halogens is 1. The minimum absolute atomic E-state index is 0.0409. The summed E-state index contributed by atoms with van der Waals surface area (Å²) in [6.45, 7) is 1.79. The molecule has 2 rings (SSSR count). The molecule has 0 aliphatic rings. The van der Waals surface area contributed by atoms with Gasteiger partial charge < -0.3 is 5.73 Å². The minimum Gasteiger partial charge on any atom is -0.397 e. The predicted octanol–water partition coefficient (Wildman–Crippen LogP) is 0.868. The topological polar surface area (TPSA) is 94.0 Å². The number of carbonyl (C=O) groups is 1. The molecule has 0 saturated carbocycles. The summed E-state index contributed by atoms with van der Waals surface area (Å²) in [5.41, 5.74) is 9.03. The Hall–Kier alpha value is -2.21. The number of carbonyl (C=O) groups excluding carboxylic acids is 1. The quantitative estimate of drug-likeness (QED) is 0.387. The van der Waals surface area contributed by atoms with Gasteiger partial charge in [-0.05, 0) is 18.6 Å². The maximum Gasteiger partial charge on any atom is 0.268 e. The van der Waals surface area contributed by atoms with E-state index in [1.54, 1.807) is 13.0 Å². The Kier molecular flexibility index (Phi) is 2.64. The summed E-state index contributed by atoms with van der Waals surface area (Å²) in [6.07, 6.45) is 1.28. The van der Waals surface area contributed by atoms with E-state index in [1.807, 2.05) is 5.43 Å². The van der Waals surface area contributed by atoms with Gasteiger partial charge in [0.1, 0.15) is 5.82 Å². The summed E-state index contributed by atoms with van der Waals surface area (Å²) in [6, 6.07) is 2.90. The van der Waals surface area contributed by atoms with Gasteiger partial charge in [-0.2, -0.15) is 0 Å². The number of aromatic nitrogens is 1. The molecule has 1 heterocycles. The Labute approximate surface area is 96.6 Å². The van der Waals surface area contributed by atoms with Crippen molar-refractivity contribution in [3.05, 3.63) is 35.3 Å². The van der Waals surface area contributed by atoms with Crippen molar-refractivity contribution < 1.29 is 9.18 Å². The van der Waals surface area contributed by atoms with Gasteiger partial charge in [0.05, 0.1) is 22.2 Å². The van der Waals surface area contributed by atoms with E-state index in [9.17, 15) is 9.18 Å². The van der Waals surface area contributed by atoms with Crippen LogP contribution in [-0.2, 0) is 0 Å². The summed E-state index contributed by atoms with van der Waals surface area (Å²) >= 11 is 0. The predicted molar refractivity (Wildman–Crippen MR) is 62.5 cm³/mol. The second kappa shape index (κ2) is 3.99. The summed E-state index contributed by atoms with van der Waals surface area (Å²) in [7, 11) is 0. The third kappa shape index (κ3) is 1.68. The van der Waals surface area contributed by atoms with Gasteiger partial charge in [0.25, 0.3) is 5.91 Å². The first-order valence-electron chi connectivity index (χ1n) is 4.90. The molecule has 0 saturated heterocycles. The van der Waals surface area contributed by atoms with Crippen molar-refractivity contribution in [2.75, 3.05) is 5.73 Å². The SMILES string of the molecule is Cc1ccc(F)c2c(N)c(C(=O)NN)cnc12. The molecule has 0 fully saturated rings. The van der Waals surface area contributed by atoms with Crippen molar-refractivity contribution >= 4 is 22.5 Å². The zero-order chi connectivity index (χ0) is 12.6. The van der Waals surface area contributed by atoms with Crippen molar-refractivity contribution in [1.82, 2.24) is 10.4 Å². The van der Waals surface area contributed by atoms with E-state index in [-0.39, 0.29) is 16.6 Å². The molecule has 0 aliphatic carbocycles. The largest absolute Gasteiger partial charge is 0.397 e. The molecule has 17 heavy (non-hydrogen) atoms. The lowest BCUT2D eigenvalue weighted by molar-refractivity contribution is 0.0954. The fourth-order valence-electron chi connectivity index (χ4n) is 1.69. The number of nitrogens with one attached hydrogen (secondary N) is 1. The lowest BCUT2D eigenvalue weighted by atomic mass is 10.1. The van der Waals surface area contributed by atoms with Crippen LogP contribution in [-0.4, -0.2) is 10.9 Å². The highest BCUT2D eigenvalue weighted by Gasteiger charge is 2.15. The fraction of sp³-hybridized carbons (Fsp3) is 0.0909. The van der Waals surface area contributed by atoms with Gasteiger partial charge in [-0.3, -0.25) is 15.2 Å². The standard InChI is InChI=1S/C11H11FN4O/c1-5-2-3-7(12)8-9(13)6(11(17)16-14)4-15-10(5)8/h2-4H,14H2,1H3,(H2,13,15)(H,16,17). The first-order valence-corrected chi connectivity index (χ1v) is 4.90. The van der Waals surface area contributed by atoms with Gasteiger partial charge >= 0.3 is 0 Å². The normalized spacial score (nSPS) is 10.5. The molecular formula is C11H11FN4O. The van der Waals surface area contributed by atoms with Crippen LogP contribution in [0, 0.1) is 12.7 Å². The first-order chi connectivity index (χ1) is 8.06. The monoisotopic (exact) mass is 234 g/mol. The highest BCUT2D eigenvalue weighted by molar-refractivity contribution is 6.06. The highest BCUT2D eigenvalue weighted by atomic mass is 19.1. The number of nitrogens with two attached hydrogens (primary N) is 2. The number of pyridine rings is 1. The zero-order valence-electron chi connectivity index (χ0n) is 9.12. The number of amides is 1. The molecule has 0 spiro atoms. The van der Waals surface area contributed by atoms with Gasteiger partial charge in [0.2, 0.25) is 0 Å². The molecule has 88 valence electrons. The molecule has 1 amide bonds. The lowest BCUT2D eigenvalue weighted by Gasteiger charge is -2.09. The van der Waals surface area contributed by atoms with Crippen LogP contribution in [0.2, 0.25) is 0 Å². The smallest absolute Gasteiger partial charge is 0.268 e. The van der Waals surface area contributed by atoms with Gasteiger partial charge in [0, 0.05) is 6.20 Å². The van der Waals surface area contributed by atoms with Gasteiger partial charge in [-0.1, -0.05) is 6.07 Å². The Bertz CT molecular complexity index is 612. The van der Waals surface area contributed by atoms with Gasteiger partial charge in [0.15, 0.2) is 0 Å². The second-order valence-electron chi connectivity index (χ2n) is 3.65. The number of nitrogens with zero attached hydrogens (tertiary/aromatic N) is 1. The molecule has 0 radical (unpaired) electrons. The van der Waals surface area contributed by atoms with E-state index in [4.69, 9.17) is 11.6 Å². The minimum atomic E-state index is -0.599. The number of fused-ring (bicyclic) bond motifs is 1. The van der Waals surface area contributed by atoms with Gasteiger partial charge in [-0.25, -0.2) is 10.2 Å². The number of anilines is 1. The molecule has 1 aromatic carbocycles. The summed E-state index contributed by atoms with van der Waals surface area (Å²) in [4.78, 5) is 15.4. The van der Waals surface area contributed by atoms with Crippen molar-refractivity contribution in [2.45, 2.75) is 6.92 Å². The second-order valence-corrected chi connectivity index (χ2v) is 3.65. The van der Waals surface area contributed by atoms with E-state index in [1.165, 1.54) is 12.3 Å². The van der Waals surface area contributed by atoms with Crippen LogP contribution < -0.4 is 17.0 Å². The fourth-order valence-corrected chi connectivity index (χ4v) is 1.69. The van der Waals surface area contributed by atoms with E-state index >= 15 is 0 Å². The Morgan fingerprint density at radius 3 is 2.82 bits per heavy atom. The van der Waals surface area contributed by atoms with Crippen LogP contribution in [0.1, 0.15) is 15.9 Å². The molecule has 6 heteroatoms. The molecule has 2 aromatic rings. The van der Waals surface area contributed by atoms with Crippen LogP contribution in [0.15, 0.2) is 18.3 Å². The van der Waals surface area contributed by atoms with Crippen LogP contribution in [0.25, 0.3) is 10.9 Å². The average Bonchev–Trinajstić information content (AvgIpc) is 2.33. The van der Waals surface area contributed by atoms with Crippen molar-refractivity contribution in [3.63, 3.8) is 0 Å². The third-order valence-electron chi connectivity index (χ3n) is 2.59. The number of aryl methyl sites for hydroxylation is 1. The van der Waals surface area contributed by atoms with Crippen molar-refractivity contribution in [1.29, 1.82) is 0 Å². The summed E-state index contributed by atoms with van der Waals surface area (Å²) < 4.78 is 13.7. The Morgan fingerprint density at radius 1 is 1.47 bits per heavy atom. The molecule has 0 unspecified atom stereocenters. The lowest BCUT2D eigenvalue weighted by Crippen LogP contribution is -2.30. The number of hydrazine groups is 1. The Morgan fingerprint density at radius 2 is 2.18 bits per heavy atom. The molecular weight excluding hydrogens is 223 g/mol. The van der Waals surface area contributed by atoms with Crippen LogP contribution in [0.4, 0.5) is 10.1 Å². The number of nitrogen functional groups attached to an aromatic ring is 2. The summed E-state index contributed by atoms with van der Waals surface area (Å²) in [5, 5.41) is 0.145. The zero-order valence-corrected chi connectivity index (χ0v) is 9.12. The van der Waals surface area contributed by atoms with Crippen LogP contribution in [0.3, 0.4) is 0 Å². The number of rotatable bonds is 1. The highest BCUT2D eigenvalue weighted by Crippen LogP contribution is 2.27. The van der Waals surface area contributed by atoms with Crippen molar-refractivity contribution in [3.8, 4) is 0 Å². The van der Waals surface area contributed by atoms with Crippen molar-refractivity contribution in [2.24, 2.45) is 5.84 Å². The van der Waals surface area contributed by atoms with E-state index < -0.39 is 11.7 Å². The van der Waals surface area contributed by atoms with Gasteiger partial charge in [-0.15, -0.1) is 0 Å². The maximum atomic E-state index is 13.7. The van der Waals surface area contributed by atoms with Crippen LogP contribution in [0.5, 0.6) is 0 Å². The first kappa shape index (κ1) is 11.3. The van der Waals surface area contributed by atoms with Crippen LogP contribution >= 0.6 is 0 Å². The molecule has 1 aromatic heterocycles. The average molecular weight is 234 g/mol.